The van der Waals surface area contributed by atoms with E-state index in [4.69, 9.17) is 0 Å². The van der Waals surface area contributed by atoms with E-state index in [9.17, 15) is 22.4 Å². The zero-order valence-corrected chi connectivity index (χ0v) is 15.0. The molecule has 3 aromatic rings. The number of aromatic nitrogens is 1. The lowest BCUT2D eigenvalue weighted by Crippen LogP contribution is -2.56. The lowest BCUT2D eigenvalue weighted by Gasteiger charge is -2.34. The van der Waals surface area contributed by atoms with Crippen LogP contribution in [0.3, 0.4) is 0 Å². The molecule has 146 valence electrons. The molecule has 0 radical (unpaired) electrons. The minimum absolute atomic E-state index is 0.0267. The van der Waals surface area contributed by atoms with Crippen LogP contribution in [0.25, 0.3) is 10.9 Å². The summed E-state index contributed by atoms with van der Waals surface area (Å²) >= 11 is 0. The number of para-hydroxylation sites is 1. The molecule has 1 N–H and O–H groups in total. The van der Waals surface area contributed by atoms with Crippen LogP contribution >= 0.6 is 0 Å². The van der Waals surface area contributed by atoms with Crippen LogP contribution in [0, 0.1) is 5.82 Å². The van der Waals surface area contributed by atoms with Gasteiger partial charge < -0.3 is 5.32 Å². The Bertz CT molecular complexity index is 981. The van der Waals surface area contributed by atoms with E-state index in [-0.39, 0.29) is 17.5 Å². The topological polar surface area (TPSA) is 42.0 Å². The van der Waals surface area contributed by atoms with Gasteiger partial charge in [0.05, 0.1) is 11.1 Å². The van der Waals surface area contributed by atoms with Crippen molar-refractivity contribution in [3.8, 4) is 0 Å². The normalized spacial score (nSPS) is 14.6. The number of pyridine rings is 1. The van der Waals surface area contributed by atoms with E-state index in [0.717, 1.165) is 6.20 Å². The fourth-order valence-corrected chi connectivity index (χ4v) is 3.09. The molecular formula is C21H18F4N2O. The number of amides is 1. The molecule has 0 saturated carbocycles. The molecule has 0 aliphatic heterocycles. The van der Waals surface area contributed by atoms with Gasteiger partial charge in [-0.15, -0.1) is 0 Å². The highest BCUT2D eigenvalue weighted by Gasteiger charge is 2.42. The Labute approximate surface area is 159 Å². The molecule has 1 heterocycles. The van der Waals surface area contributed by atoms with Crippen LogP contribution in [0.5, 0.6) is 0 Å². The maximum absolute atomic E-state index is 14.4. The van der Waals surface area contributed by atoms with Gasteiger partial charge in [-0.2, -0.15) is 0 Å². The first-order chi connectivity index (χ1) is 13.3. The maximum atomic E-state index is 14.4. The van der Waals surface area contributed by atoms with E-state index < -0.39 is 29.9 Å². The predicted octanol–water partition coefficient (Wildman–Crippen LogP) is 4.71. The second-order valence-electron chi connectivity index (χ2n) is 6.81. The number of halogens is 4. The first-order valence-electron chi connectivity index (χ1n) is 8.63. The van der Waals surface area contributed by atoms with Gasteiger partial charge in [0.2, 0.25) is 0 Å². The van der Waals surface area contributed by atoms with Gasteiger partial charge in [0.1, 0.15) is 11.3 Å². The molecule has 3 rings (SSSR count). The van der Waals surface area contributed by atoms with Crippen LogP contribution in [0.1, 0.15) is 22.8 Å². The van der Waals surface area contributed by atoms with Gasteiger partial charge in [-0.3, -0.25) is 9.78 Å². The van der Waals surface area contributed by atoms with Crippen LogP contribution in [-0.4, -0.2) is 29.0 Å². The van der Waals surface area contributed by atoms with Crippen LogP contribution in [0.2, 0.25) is 0 Å². The van der Waals surface area contributed by atoms with Gasteiger partial charge in [0.25, 0.3) is 12.3 Å². The summed E-state index contributed by atoms with van der Waals surface area (Å²) in [6, 6.07) is 14.2. The van der Waals surface area contributed by atoms with Gasteiger partial charge in [0.15, 0.2) is 6.17 Å². The van der Waals surface area contributed by atoms with Crippen molar-refractivity contribution in [2.75, 3.05) is 0 Å². The molecule has 0 aliphatic carbocycles. The number of alkyl halides is 3. The zero-order chi connectivity index (χ0) is 20.3. The quantitative estimate of drug-likeness (QED) is 0.620. The number of hydrogen-bond donors (Lipinski definition) is 1. The number of carbonyl (C=O) groups excluding carboxylic acids is 1. The Morgan fingerprint density at radius 1 is 1.11 bits per heavy atom. The Balaban J connectivity index is 1.90. The van der Waals surface area contributed by atoms with Gasteiger partial charge in [-0.1, -0.05) is 42.5 Å². The molecule has 2 aromatic carbocycles. The number of nitrogens with zero attached hydrogens (tertiary/aromatic N) is 1. The average Bonchev–Trinajstić information content (AvgIpc) is 2.67. The molecule has 7 heteroatoms. The van der Waals surface area contributed by atoms with Crippen LogP contribution in [-0.2, 0) is 6.42 Å². The summed E-state index contributed by atoms with van der Waals surface area (Å²) in [5, 5.41) is 2.77. The van der Waals surface area contributed by atoms with Gasteiger partial charge >= 0.3 is 0 Å². The second kappa shape index (κ2) is 7.96. The largest absolute Gasteiger partial charge is 0.343 e. The summed E-state index contributed by atoms with van der Waals surface area (Å²) in [6.45, 7) is 1.24. The number of benzene rings is 2. The van der Waals surface area contributed by atoms with Crippen molar-refractivity contribution in [1.82, 2.24) is 10.3 Å². The Hall–Kier alpha value is -2.96. The summed E-state index contributed by atoms with van der Waals surface area (Å²) in [6.07, 6.45) is -4.83. The van der Waals surface area contributed by atoms with Crippen LogP contribution in [0.4, 0.5) is 17.6 Å². The zero-order valence-electron chi connectivity index (χ0n) is 15.0. The van der Waals surface area contributed by atoms with E-state index in [1.54, 1.807) is 36.4 Å². The van der Waals surface area contributed by atoms with Crippen molar-refractivity contribution >= 4 is 16.8 Å². The average molecular weight is 390 g/mol. The highest BCUT2D eigenvalue weighted by atomic mass is 19.3. The van der Waals surface area contributed by atoms with Crippen molar-refractivity contribution in [3.63, 3.8) is 0 Å². The fourth-order valence-electron chi connectivity index (χ4n) is 3.09. The Morgan fingerprint density at radius 3 is 2.50 bits per heavy atom. The highest BCUT2D eigenvalue weighted by Crippen LogP contribution is 2.26. The molecule has 1 amide bonds. The highest BCUT2D eigenvalue weighted by molar-refractivity contribution is 5.97. The number of nitrogens with one attached hydrogen (secondary N) is 1. The first kappa shape index (κ1) is 19.8. The Kier molecular flexibility index (Phi) is 5.63. The fraction of sp³-hybridized carbons (Fsp3) is 0.238. The Morgan fingerprint density at radius 2 is 1.82 bits per heavy atom. The van der Waals surface area contributed by atoms with Crippen molar-refractivity contribution < 1.29 is 22.4 Å². The number of fused-ring (bicyclic) bond motifs is 1. The van der Waals surface area contributed by atoms with Gasteiger partial charge in [-0.25, -0.2) is 17.6 Å². The molecule has 3 nitrogen and oxygen atoms in total. The lowest BCUT2D eigenvalue weighted by atomic mass is 9.87. The number of hydrogen-bond acceptors (Lipinski definition) is 2. The van der Waals surface area contributed by atoms with E-state index in [1.807, 2.05) is 0 Å². The van der Waals surface area contributed by atoms with Crippen molar-refractivity contribution in [2.24, 2.45) is 0 Å². The number of rotatable bonds is 6. The third kappa shape index (κ3) is 4.13. The number of carbonyl (C=O) groups is 1. The minimum atomic E-state index is -3.27. The van der Waals surface area contributed by atoms with Gasteiger partial charge in [-0.05, 0) is 31.0 Å². The monoisotopic (exact) mass is 390 g/mol. The first-order valence-corrected chi connectivity index (χ1v) is 8.63. The molecule has 1 aromatic heterocycles. The van der Waals surface area contributed by atoms with E-state index >= 15 is 0 Å². The molecule has 2 atom stereocenters. The molecular weight excluding hydrogens is 372 g/mol. The van der Waals surface area contributed by atoms with Crippen molar-refractivity contribution in [1.29, 1.82) is 0 Å². The maximum Gasteiger partial charge on any atom is 0.271 e. The summed E-state index contributed by atoms with van der Waals surface area (Å²) in [5.74, 6) is -1.31. The van der Waals surface area contributed by atoms with Crippen LogP contribution < -0.4 is 5.32 Å². The standard InChI is InChI=1S/C21H18F4N2O/c1-21(18(23)19(24)25,11-13-6-3-2-4-7-13)27-20(28)15-10-14-8-5-9-16(22)17(14)26-12-15/h2-10,12,18-19H,11H2,1H3,(H,27,28). The van der Waals surface area contributed by atoms with Crippen molar-refractivity contribution in [3.05, 3.63) is 77.7 Å². The summed E-state index contributed by atoms with van der Waals surface area (Å²) in [7, 11) is 0. The van der Waals surface area contributed by atoms with E-state index in [0.29, 0.717) is 10.9 Å². The summed E-state index contributed by atoms with van der Waals surface area (Å²) in [4.78, 5) is 16.6. The molecule has 28 heavy (non-hydrogen) atoms. The van der Waals surface area contributed by atoms with Gasteiger partial charge in [0, 0.05) is 11.6 Å². The summed E-state index contributed by atoms with van der Waals surface area (Å²) < 4.78 is 54.4. The molecule has 0 saturated heterocycles. The van der Waals surface area contributed by atoms with E-state index in [1.165, 1.54) is 25.1 Å². The van der Waals surface area contributed by atoms with Crippen molar-refractivity contribution in [2.45, 2.75) is 31.5 Å². The predicted molar refractivity (Wildman–Crippen MR) is 98.6 cm³/mol. The smallest absolute Gasteiger partial charge is 0.271 e. The lowest BCUT2D eigenvalue weighted by molar-refractivity contribution is -0.00189. The molecule has 0 spiro atoms. The molecule has 0 bridgehead atoms. The molecule has 0 aliphatic rings. The van der Waals surface area contributed by atoms with Crippen LogP contribution in [0.15, 0.2) is 60.8 Å². The molecule has 2 unspecified atom stereocenters. The van der Waals surface area contributed by atoms with E-state index in [2.05, 4.69) is 10.3 Å². The third-order valence-corrected chi connectivity index (χ3v) is 4.57. The molecule has 0 fully saturated rings. The third-order valence-electron chi connectivity index (χ3n) is 4.57. The SMILES string of the molecule is CC(Cc1ccccc1)(NC(=O)c1cnc2c(F)cccc2c1)C(F)C(F)F. The minimum Gasteiger partial charge on any atom is -0.343 e. The summed E-state index contributed by atoms with van der Waals surface area (Å²) in [5.41, 5.74) is -1.13. The second-order valence-corrected chi connectivity index (χ2v) is 6.81.